The van der Waals surface area contributed by atoms with Crippen molar-refractivity contribution in [1.29, 1.82) is 0 Å². The van der Waals surface area contributed by atoms with Crippen LogP contribution in [0, 0.1) is 0 Å². The van der Waals surface area contributed by atoms with Gasteiger partial charge in [-0.3, -0.25) is 4.79 Å². The quantitative estimate of drug-likeness (QED) is 0.735. The van der Waals surface area contributed by atoms with Gasteiger partial charge in [0.05, 0.1) is 12.2 Å². The second kappa shape index (κ2) is 8.33. The summed E-state index contributed by atoms with van der Waals surface area (Å²) in [5.74, 6) is 1.33. The molecule has 0 atom stereocenters. The second-order valence-electron chi connectivity index (χ2n) is 7.87. The number of amides is 1. The number of likely N-dealkylation sites (tertiary alicyclic amines) is 1. The Balaban J connectivity index is 1.23. The van der Waals surface area contributed by atoms with Crippen molar-refractivity contribution < 1.29 is 19.4 Å². The van der Waals surface area contributed by atoms with E-state index in [0.717, 1.165) is 51.1 Å². The number of aromatic hydroxyl groups is 1. The maximum absolute atomic E-state index is 11.9. The Hall–Kier alpha value is -2.73. The van der Waals surface area contributed by atoms with E-state index in [1.54, 1.807) is 13.1 Å². The number of benzene rings is 2. The molecule has 1 saturated heterocycles. The number of piperidine rings is 1. The minimum atomic E-state index is -0.223. The minimum absolute atomic E-state index is 0.0271. The third-order valence-corrected chi connectivity index (χ3v) is 5.89. The fourth-order valence-corrected chi connectivity index (χ4v) is 4.25. The van der Waals surface area contributed by atoms with Crippen molar-refractivity contribution in [3.63, 3.8) is 0 Å². The maximum Gasteiger partial charge on any atom is 0.254 e. The molecule has 0 radical (unpaired) electrons. The van der Waals surface area contributed by atoms with Gasteiger partial charge in [0.2, 0.25) is 0 Å². The Morgan fingerprint density at radius 3 is 2.79 bits per heavy atom. The minimum Gasteiger partial charge on any atom is -0.508 e. The van der Waals surface area contributed by atoms with Gasteiger partial charge in [-0.25, -0.2) is 0 Å². The molecule has 1 fully saturated rings. The molecule has 2 aromatic carbocycles. The zero-order chi connectivity index (χ0) is 20.3. The summed E-state index contributed by atoms with van der Waals surface area (Å²) >= 11 is 0. The van der Waals surface area contributed by atoms with E-state index in [1.165, 1.54) is 17.7 Å². The molecule has 6 nitrogen and oxygen atoms in total. The first-order chi connectivity index (χ1) is 14.1. The number of para-hydroxylation sites is 1. The molecule has 1 spiro atoms. The lowest BCUT2D eigenvalue weighted by Crippen LogP contribution is -2.47. The molecule has 1 amide bonds. The van der Waals surface area contributed by atoms with Crippen LogP contribution in [0.5, 0.6) is 17.2 Å². The first-order valence-electron chi connectivity index (χ1n) is 10.3. The molecule has 2 aromatic rings. The van der Waals surface area contributed by atoms with Crippen LogP contribution in [0.3, 0.4) is 0 Å². The van der Waals surface area contributed by atoms with E-state index in [2.05, 4.69) is 28.4 Å². The molecule has 0 aromatic heterocycles. The molecule has 0 aliphatic carbocycles. The van der Waals surface area contributed by atoms with Crippen molar-refractivity contribution in [1.82, 2.24) is 10.2 Å². The van der Waals surface area contributed by atoms with E-state index in [4.69, 9.17) is 9.47 Å². The van der Waals surface area contributed by atoms with Crippen molar-refractivity contribution in [3.05, 3.63) is 53.6 Å². The fraction of sp³-hybridized carbons (Fsp3) is 0.435. The van der Waals surface area contributed by atoms with Crippen LogP contribution in [0.25, 0.3) is 0 Å². The molecule has 154 valence electrons. The van der Waals surface area contributed by atoms with Crippen molar-refractivity contribution in [2.75, 3.05) is 33.3 Å². The topological polar surface area (TPSA) is 71.0 Å². The summed E-state index contributed by atoms with van der Waals surface area (Å²) in [6.07, 6.45) is 3.95. The van der Waals surface area contributed by atoms with Gasteiger partial charge < -0.3 is 24.8 Å². The Kier molecular flexibility index (Phi) is 5.62. The number of rotatable bonds is 6. The SMILES string of the molecule is CNC(=O)c1ccc(O)cc1OCCCN1CCC2(CC1)Cc1ccccc1O2. The molecule has 0 bridgehead atoms. The summed E-state index contributed by atoms with van der Waals surface area (Å²) < 4.78 is 12.1. The highest BCUT2D eigenvalue weighted by Gasteiger charge is 2.41. The Morgan fingerprint density at radius 1 is 1.24 bits per heavy atom. The van der Waals surface area contributed by atoms with E-state index in [-0.39, 0.29) is 17.3 Å². The van der Waals surface area contributed by atoms with Crippen LogP contribution in [-0.4, -0.2) is 54.8 Å². The van der Waals surface area contributed by atoms with Crippen LogP contribution >= 0.6 is 0 Å². The number of hydrogen-bond donors (Lipinski definition) is 2. The summed E-state index contributed by atoms with van der Waals surface area (Å²) in [4.78, 5) is 14.4. The zero-order valence-electron chi connectivity index (χ0n) is 16.8. The second-order valence-corrected chi connectivity index (χ2v) is 7.87. The highest BCUT2D eigenvalue weighted by atomic mass is 16.5. The first-order valence-corrected chi connectivity index (χ1v) is 10.3. The lowest BCUT2D eigenvalue weighted by atomic mass is 9.87. The zero-order valence-corrected chi connectivity index (χ0v) is 16.8. The highest BCUT2D eigenvalue weighted by molar-refractivity contribution is 5.96. The number of phenols is 1. The lowest BCUT2D eigenvalue weighted by Gasteiger charge is -2.38. The first kappa shape index (κ1) is 19.6. The monoisotopic (exact) mass is 396 g/mol. The molecule has 2 aliphatic heterocycles. The largest absolute Gasteiger partial charge is 0.508 e. The Labute approximate surface area is 171 Å². The molecule has 29 heavy (non-hydrogen) atoms. The van der Waals surface area contributed by atoms with Crippen molar-refractivity contribution >= 4 is 5.91 Å². The molecular formula is C23H28N2O4. The molecule has 2 aliphatic rings. The number of hydrogen-bond acceptors (Lipinski definition) is 5. The number of nitrogens with one attached hydrogen (secondary N) is 1. The van der Waals surface area contributed by atoms with E-state index in [9.17, 15) is 9.90 Å². The van der Waals surface area contributed by atoms with Crippen LogP contribution in [0.2, 0.25) is 0 Å². The van der Waals surface area contributed by atoms with Crippen molar-refractivity contribution in [2.45, 2.75) is 31.3 Å². The average Bonchev–Trinajstić information content (AvgIpc) is 3.10. The predicted octanol–water partition coefficient (Wildman–Crippen LogP) is 2.99. The highest BCUT2D eigenvalue weighted by Crippen LogP contribution is 2.40. The Morgan fingerprint density at radius 2 is 2.03 bits per heavy atom. The van der Waals surface area contributed by atoms with Crippen LogP contribution in [-0.2, 0) is 6.42 Å². The number of ether oxygens (including phenoxy) is 2. The molecule has 0 saturated carbocycles. The molecule has 0 unspecified atom stereocenters. The van der Waals surface area contributed by atoms with Gasteiger partial charge in [-0.2, -0.15) is 0 Å². The van der Waals surface area contributed by atoms with E-state index < -0.39 is 0 Å². The molecule has 4 rings (SSSR count). The van der Waals surface area contributed by atoms with Gasteiger partial charge in [0.15, 0.2) is 0 Å². The third-order valence-electron chi connectivity index (χ3n) is 5.89. The number of carbonyl (C=O) groups excluding carboxylic acids is 1. The van der Waals surface area contributed by atoms with Gasteiger partial charge in [-0.15, -0.1) is 0 Å². The number of nitrogens with zero attached hydrogens (tertiary/aromatic N) is 1. The normalized spacial score (nSPS) is 17.6. The van der Waals surface area contributed by atoms with E-state index >= 15 is 0 Å². The fourth-order valence-electron chi connectivity index (χ4n) is 4.25. The van der Waals surface area contributed by atoms with Gasteiger partial charge in [0, 0.05) is 52.0 Å². The summed E-state index contributed by atoms with van der Waals surface area (Å²) in [6.45, 7) is 3.47. The lowest BCUT2D eigenvalue weighted by molar-refractivity contribution is 0.0183. The summed E-state index contributed by atoms with van der Waals surface area (Å²) in [5.41, 5.74) is 1.73. The maximum atomic E-state index is 11.9. The Bertz CT molecular complexity index is 848. The number of carbonyl (C=O) groups is 1. The van der Waals surface area contributed by atoms with Crippen molar-refractivity contribution in [2.24, 2.45) is 0 Å². The summed E-state index contributed by atoms with van der Waals surface area (Å²) in [6, 6.07) is 12.9. The van der Waals surface area contributed by atoms with Gasteiger partial charge in [-0.1, -0.05) is 18.2 Å². The van der Waals surface area contributed by atoms with Gasteiger partial charge >= 0.3 is 0 Å². The van der Waals surface area contributed by atoms with Crippen LogP contribution in [0.15, 0.2) is 42.5 Å². The van der Waals surface area contributed by atoms with Gasteiger partial charge in [0.1, 0.15) is 22.8 Å². The van der Waals surface area contributed by atoms with Gasteiger partial charge in [0.25, 0.3) is 5.91 Å². The average molecular weight is 396 g/mol. The standard InChI is InChI=1S/C23H28N2O4/c1-24-22(27)19-8-7-18(26)15-21(19)28-14-4-11-25-12-9-23(10-13-25)16-17-5-2-3-6-20(17)29-23/h2-3,5-8,15,26H,4,9-14,16H2,1H3,(H,24,27). The summed E-state index contributed by atoms with van der Waals surface area (Å²) in [5, 5.41) is 12.3. The molecule has 2 N–H and O–H groups in total. The van der Waals surface area contributed by atoms with E-state index in [0.29, 0.717) is 17.9 Å². The third kappa shape index (κ3) is 4.32. The van der Waals surface area contributed by atoms with Crippen LogP contribution < -0.4 is 14.8 Å². The summed E-state index contributed by atoms with van der Waals surface area (Å²) in [7, 11) is 1.58. The molecule has 2 heterocycles. The molecular weight excluding hydrogens is 368 g/mol. The van der Waals surface area contributed by atoms with Crippen LogP contribution in [0.4, 0.5) is 0 Å². The molecule has 6 heteroatoms. The number of phenolic OH excluding ortho intramolecular Hbond substituents is 1. The van der Waals surface area contributed by atoms with Gasteiger partial charge in [-0.05, 0) is 30.2 Å². The van der Waals surface area contributed by atoms with Crippen molar-refractivity contribution in [3.8, 4) is 17.2 Å². The van der Waals surface area contributed by atoms with Crippen LogP contribution in [0.1, 0.15) is 35.2 Å². The van der Waals surface area contributed by atoms with E-state index in [1.807, 2.05) is 6.07 Å². The predicted molar refractivity (Wildman–Crippen MR) is 111 cm³/mol. The smallest absolute Gasteiger partial charge is 0.254 e. The number of fused-ring (bicyclic) bond motifs is 1.